The second-order valence-corrected chi connectivity index (χ2v) is 4.24. The maximum Gasteiger partial charge on any atom is 0.121 e. The zero-order valence-electron chi connectivity index (χ0n) is 6.64. The Kier molecular flexibility index (Phi) is 2.44. The van der Waals surface area contributed by atoms with E-state index in [2.05, 4.69) is 32.6 Å². The van der Waals surface area contributed by atoms with Crippen LogP contribution in [0, 0.1) is 3.57 Å². The average Bonchev–Trinajstić information content (AvgIpc) is 2.48. The van der Waals surface area contributed by atoms with Crippen LogP contribution in [0.15, 0.2) is 12.1 Å². The third-order valence-electron chi connectivity index (χ3n) is 1.77. The van der Waals surface area contributed by atoms with Crippen LogP contribution in [0.4, 0.5) is 0 Å². The van der Waals surface area contributed by atoms with Crippen LogP contribution in [0.3, 0.4) is 0 Å². The van der Waals surface area contributed by atoms with E-state index in [0.717, 1.165) is 25.5 Å². The number of rotatable bonds is 1. The number of halogens is 2. The van der Waals surface area contributed by atoms with Crippen molar-refractivity contribution in [2.45, 2.75) is 6.54 Å². The molecule has 0 atom stereocenters. The number of hydrogen-bond donors (Lipinski definition) is 2. The molecule has 0 aliphatic carbocycles. The summed E-state index contributed by atoms with van der Waals surface area (Å²) in [5.74, 6) is 0.785. The molecule has 0 aliphatic rings. The molecule has 68 valence electrons. The van der Waals surface area contributed by atoms with Gasteiger partial charge in [0.15, 0.2) is 0 Å². The summed E-state index contributed by atoms with van der Waals surface area (Å²) in [4.78, 5) is 7.38. The molecule has 1 aromatic carbocycles. The van der Waals surface area contributed by atoms with Crippen LogP contribution in [-0.4, -0.2) is 9.97 Å². The van der Waals surface area contributed by atoms with E-state index < -0.39 is 0 Å². The molecule has 0 spiro atoms. The molecule has 0 aliphatic heterocycles. The SMILES string of the molecule is NCc1nc2cc(I)c(Cl)cc2[nH]1. The number of imidazole rings is 1. The van der Waals surface area contributed by atoms with Crippen molar-refractivity contribution in [2.75, 3.05) is 0 Å². The molecule has 0 bridgehead atoms. The number of hydrogen-bond acceptors (Lipinski definition) is 2. The van der Waals surface area contributed by atoms with Gasteiger partial charge in [-0.3, -0.25) is 0 Å². The zero-order chi connectivity index (χ0) is 9.42. The van der Waals surface area contributed by atoms with Crippen molar-refractivity contribution in [1.29, 1.82) is 0 Å². The molecular formula is C8H7ClIN3. The van der Waals surface area contributed by atoms with Crippen molar-refractivity contribution >= 4 is 45.2 Å². The van der Waals surface area contributed by atoms with E-state index in [9.17, 15) is 0 Å². The van der Waals surface area contributed by atoms with Crippen LogP contribution in [0.1, 0.15) is 5.82 Å². The van der Waals surface area contributed by atoms with Gasteiger partial charge in [-0.1, -0.05) is 11.6 Å². The lowest BCUT2D eigenvalue weighted by atomic mass is 10.3. The summed E-state index contributed by atoms with van der Waals surface area (Å²) >= 11 is 8.13. The molecule has 0 amide bonds. The number of nitrogens with one attached hydrogen (secondary N) is 1. The summed E-state index contributed by atoms with van der Waals surface area (Å²) in [6, 6.07) is 3.80. The van der Waals surface area contributed by atoms with Crippen molar-refractivity contribution < 1.29 is 0 Å². The highest BCUT2D eigenvalue weighted by Gasteiger charge is 2.04. The molecule has 0 saturated carbocycles. The molecule has 13 heavy (non-hydrogen) atoms. The van der Waals surface area contributed by atoms with E-state index in [4.69, 9.17) is 17.3 Å². The quantitative estimate of drug-likeness (QED) is 0.794. The Morgan fingerprint density at radius 2 is 2.31 bits per heavy atom. The minimum atomic E-state index is 0.420. The van der Waals surface area contributed by atoms with Gasteiger partial charge in [-0.2, -0.15) is 0 Å². The van der Waals surface area contributed by atoms with Gasteiger partial charge in [-0.15, -0.1) is 0 Å². The Morgan fingerprint density at radius 1 is 1.54 bits per heavy atom. The normalized spacial score (nSPS) is 11.0. The van der Waals surface area contributed by atoms with E-state index in [1.807, 2.05) is 12.1 Å². The molecule has 0 radical (unpaired) electrons. The molecule has 0 unspecified atom stereocenters. The first-order valence-electron chi connectivity index (χ1n) is 3.74. The Hall–Kier alpha value is -0.330. The number of nitrogens with zero attached hydrogens (tertiary/aromatic N) is 1. The summed E-state index contributed by atoms with van der Waals surface area (Å²) < 4.78 is 1.00. The van der Waals surface area contributed by atoms with Crippen molar-refractivity contribution in [3.05, 3.63) is 26.5 Å². The van der Waals surface area contributed by atoms with Gasteiger partial charge in [0.2, 0.25) is 0 Å². The zero-order valence-corrected chi connectivity index (χ0v) is 9.56. The average molecular weight is 308 g/mol. The van der Waals surface area contributed by atoms with Crippen LogP contribution in [0.5, 0.6) is 0 Å². The first-order valence-corrected chi connectivity index (χ1v) is 5.20. The highest BCUT2D eigenvalue weighted by molar-refractivity contribution is 14.1. The molecule has 3 N–H and O–H groups in total. The van der Waals surface area contributed by atoms with Gasteiger partial charge in [0.05, 0.1) is 22.6 Å². The van der Waals surface area contributed by atoms with E-state index in [-0.39, 0.29) is 0 Å². The largest absolute Gasteiger partial charge is 0.341 e. The van der Waals surface area contributed by atoms with Gasteiger partial charge < -0.3 is 10.7 Å². The topological polar surface area (TPSA) is 54.7 Å². The van der Waals surface area contributed by atoms with Gasteiger partial charge in [0.1, 0.15) is 5.82 Å². The van der Waals surface area contributed by atoms with Gasteiger partial charge >= 0.3 is 0 Å². The molecular weight excluding hydrogens is 300 g/mol. The molecule has 0 fully saturated rings. The second kappa shape index (κ2) is 3.43. The molecule has 1 aromatic heterocycles. The van der Waals surface area contributed by atoms with Crippen molar-refractivity contribution in [3.63, 3.8) is 0 Å². The van der Waals surface area contributed by atoms with E-state index in [0.29, 0.717) is 6.54 Å². The minimum Gasteiger partial charge on any atom is -0.341 e. The molecule has 0 saturated heterocycles. The van der Waals surface area contributed by atoms with E-state index in [1.54, 1.807) is 0 Å². The minimum absolute atomic E-state index is 0.420. The highest BCUT2D eigenvalue weighted by Crippen LogP contribution is 2.23. The van der Waals surface area contributed by atoms with Gasteiger partial charge in [0, 0.05) is 3.57 Å². The fraction of sp³-hybridized carbons (Fsp3) is 0.125. The Balaban J connectivity index is 2.70. The Bertz CT molecular complexity index is 413. The second-order valence-electron chi connectivity index (χ2n) is 2.67. The van der Waals surface area contributed by atoms with Crippen LogP contribution >= 0.6 is 34.2 Å². The third-order valence-corrected chi connectivity index (χ3v) is 3.29. The van der Waals surface area contributed by atoms with Crippen molar-refractivity contribution in [2.24, 2.45) is 5.73 Å². The molecule has 5 heteroatoms. The molecule has 1 heterocycles. The Labute approximate surface area is 93.8 Å². The first-order chi connectivity index (χ1) is 6.20. The molecule has 3 nitrogen and oxygen atoms in total. The van der Waals surface area contributed by atoms with Gasteiger partial charge in [0.25, 0.3) is 0 Å². The van der Waals surface area contributed by atoms with Crippen LogP contribution in [-0.2, 0) is 6.54 Å². The highest BCUT2D eigenvalue weighted by atomic mass is 127. The summed E-state index contributed by atoms with van der Waals surface area (Å²) in [5, 5.41) is 0.736. The van der Waals surface area contributed by atoms with Crippen molar-refractivity contribution in [3.8, 4) is 0 Å². The maximum absolute atomic E-state index is 5.95. The number of aromatic amines is 1. The number of H-pyrrole nitrogens is 1. The fourth-order valence-corrected chi connectivity index (χ4v) is 1.77. The van der Waals surface area contributed by atoms with Gasteiger partial charge in [-0.05, 0) is 34.7 Å². The predicted octanol–water partition coefficient (Wildman–Crippen LogP) is 2.28. The summed E-state index contributed by atoms with van der Waals surface area (Å²) in [6.07, 6.45) is 0. The smallest absolute Gasteiger partial charge is 0.121 e. The van der Waals surface area contributed by atoms with Crippen LogP contribution < -0.4 is 5.73 Å². The summed E-state index contributed by atoms with van der Waals surface area (Å²) in [6.45, 7) is 0.420. The third kappa shape index (κ3) is 1.66. The van der Waals surface area contributed by atoms with Crippen LogP contribution in [0.2, 0.25) is 5.02 Å². The van der Waals surface area contributed by atoms with E-state index >= 15 is 0 Å². The summed E-state index contributed by atoms with van der Waals surface area (Å²) in [7, 11) is 0. The number of nitrogens with two attached hydrogens (primary N) is 1. The fourth-order valence-electron chi connectivity index (χ4n) is 1.15. The number of benzene rings is 1. The lowest BCUT2D eigenvalue weighted by Crippen LogP contribution is -1.97. The first kappa shape index (κ1) is 9.23. The lowest BCUT2D eigenvalue weighted by Gasteiger charge is -1.93. The summed E-state index contributed by atoms with van der Waals surface area (Å²) in [5.41, 5.74) is 7.31. The van der Waals surface area contributed by atoms with Gasteiger partial charge in [-0.25, -0.2) is 4.98 Å². The number of aromatic nitrogens is 2. The maximum atomic E-state index is 5.95. The lowest BCUT2D eigenvalue weighted by molar-refractivity contribution is 0.958. The van der Waals surface area contributed by atoms with E-state index in [1.165, 1.54) is 0 Å². The Morgan fingerprint density at radius 3 is 3.00 bits per heavy atom. The van der Waals surface area contributed by atoms with Crippen molar-refractivity contribution in [1.82, 2.24) is 9.97 Å². The molecule has 2 rings (SSSR count). The standard InChI is InChI=1S/C8H7ClIN3/c9-4-1-6-7(2-5(4)10)13-8(3-11)12-6/h1-2H,3,11H2,(H,12,13). The monoisotopic (exact) mass is 307 g/mol. The van der Waals surface area contributed by atoms with Crippen LogP contribution in [0.25, 0.3) is 11.0 Å². The molecule has 2 aromatic rings. The number of fused-ring (bicyclic) bond motifs is 1. The predicted molar refractivity (Wildman–Crippen MR) is 61.7 cm³/mol.